The van der Waals surface area contributed by atoms with E-state index in [-0.39, 0.29) is 0 Å². The smallest absolute Gasteiger partial charge is 0.241 e. The average molecular weight is 376 g/mol. The van der Waals surface area contributed by atoms with Crippen LogP contribution in [0.15, 0.2) is 27.6 Å². The van der Waals surface area contributed by atoms with Crippen LogP contribution in [-0.2, 0) is 10.0 Å². The summed E-state index contributed by atoms with van der Waals surface area (Å²) in [6.45, 7) is 7.18. The van der Waals surface area contributed by atoms with E-state index in [0.717, 1.165) is 38.3 Å². The first-order valence-corrected chi connectivity index (χ1v) is 9.33. The number of halogens is 1. The number of rotatable bonds is 5. The van der Waals surface area contributed by atoms with Crippen LogP contribution in [0.3, 0.4) is 0 Å². The lowest BCUT2D eigenvalue weighted by molar-refractivity contribution is 0.156. The average Bonchev–Trinajstić information content (AvgIpc) is 2.40. The fourth-order valence-electron chi connectivity index (χ4n) is 2.31. The molecular weight excluding hydrogens is 354 g/mol. The molecule has 1 aliphatic heterocycles. The number of hydrogen-bond donors (Lipinski definition) is 1. The van der Waals surface area contributed by atoms with Gasteiger partial charge in [-0.1, -0.05) is 6.07 Å². The van der Waals surface area contributed by atoms with Crippen LogP contribution in [-0.4, -0.2) is 64.5 Å². The van der Waals surface area contributed by atoms with Crippen molar-refractivity contribution in [2.24, 2.45) is 0 Å². The number of hydrogen-bond acceptors (Lipinski definition) is 4. The molecule has 0 bridgehead atoms. The molecule has 7 heteroatoms. The zero-order valence-electron chi connectivity index (χ0n) is 12.5. The second-order valence-corrected chi connectivity index (χ2v) is 8.07. The molecule has 1 aromatic rings. The highest BCUT2D eigenvalue weighted by molar-refractivity contribution is 9.10. The van der Waals surface area contributed by atoms with Gasteiger partial charge in [0.05, 0.1) is 4.90 Å². The maximum Gasteiger partial charge on any atom is 0.241 e. The van der Waals surface area contributed by atoms with Gasteiger partial charge in [0, 0.05) is 43.7 Å². The Balaban J connectivity index is 1.89. The summed E-state index contributed by atoms with van der Waals surface area (Å²) in [4.78, 5) is 4.86. The Hall–Kier alpha value is -0.470. The van der Waals surface area contributed by atoms with Gasteiger partial charge in [0.1, 0.15) is 0 Å². The highest BCUT2D eigenvalue weighted by Gasteiger charge is 2.18. The van der Waals surface area contributed by atoms with Crippen LogP contribution in [0.2, 0.25) is 0 Å². The van der Waals surface area contributed by atoms with Gasteiger partial charge in [0.15, 0.2) is 0 Å². The number of benzene rings is 1. The van der Waals surface area contributed by atoms with Gasteiger partial charge in [-0.2, -0.15) is 0 Å². The van der Waals surface area contributed by atoms with Crippen molar-refractivity contribution < 1.29 is 8.42 Å². The van der Waals surface area contributed by atoms with E-state index in [1.807, 2.05) is 13.0 Å². The molecule has 1 heterocycles. The van der Waals surface area contributed by atoms with E-state index in [0.29, 0.717) is 15.9 Å². The molecule has 0 aromatic heterocycles. The first-order valence-electron chi connectivity index (χ1n) is 7.05. The molecule has 1 aliphatic rings. The number of piperazine rings is 1. The van der Waals surface area contributed by atoms with Gasteiger partial charge >= 0.3 is 0 Å². The number of aryl methyl sites for hydroxylation is 1. The Morgan fingerprint density at radius 2 is 1.90 bits per heavy atom. The lowest BCUT2D eigenvalue weighted by Gasteiger charge is -2.32. The van der Waals surface area contributed by atoms with E-state index in [1.54, 1.807) is 12.1 Å². The number of likely N-dealkylation sites (N-methyl/N-ethyl adjacent to an activating group) is 1. The Morgan fingerprint density at radius 1 is 1.24 bits per heavy atom. The third kappa shape index (κ3) is 4.75. The number of nitrogens with one attached hydrogen (secondary N) is 1. The molecule has 2 rings (SSSR count). The van der Waals surface area contributed by atoms with Gasteiger partial charge in [-0.25, -0.2) is 13.1 Å². The standard InChI is InChI=1S/C14H22BrN3O2S/c1-12-3-4-14(13(15)11-12)21(19,20)16-5-6-18-9-7-17(2)8-10-18/h3-4,11,16H,5-10H2,1-2H3. The molecule has 118 valence electrons. The van der Waals surface area contributed by atoms with Crippen LogP contribution in [0.4, 0.5) is 0 Å². The van der Waals surface area contributed by atoms with E-state index < -0.39 is 10.0 Å². The van der Waals surface area contributed by atoms with Crippen molar-refractivity contribution >= 4 is 26.0 Å². The molecule has 0 unspecified atom stereocenters. The van der Waals surface area contributed by atoms with Crippen molar-refractivity contribution in [1.29, 1.82) is 0 Å². The minimum Gasteiger partial charge on any atom is -0.304 e. The predicted octanol–water partition coefficient (Wildman–Crippen LogP) is 1.28. The monoisotopic (exact) mass is 375 g/mol. The molecule has 1 fully saturated rings. The third-order valence-electron chi connectivity index (χ3n) is 3.69. The largest absolute Gasteiger partial charge is 0.304 e. The summed E-state index contributed by atoms with van der Waals surface area (Å²) in [5.74, 6) is 0. The maximum atomic E-state index is 12.3. The predicted molar refractivity (Wildman–Crippen MR) is 88.0 cm³/mol. The third-order valence-corrected chi connectivity index (χ3v) is 6.13. The van der Waals surface area contributed by atoms with Crippen molar-refractivity contribution in [1.82, 2.24) is 14.5 Å². The van der Waals surface area contributed by atoms with Gasteiger partial charge in [-0.05, 0) is 47.6 Å². The van der Waals surface area contributed by atoms with Crippen LogP contribution in [0.1, 0.15) is 5.56 Å². The van der Waals surface area contributed by atoms with Crippen LogP contribution >= 0.6 is 15.9 Å². The fourth-order valence-corrected chi connectivity index (χ4v) is 4.52. The molecule has 0 saturated carbocycles. The normalized spacial score (nSPS) is 18.0. The van der Waals surface area contributed by atoms with Gasteiger partial charge in [0.2, 0.25) is 10.0 Å². The lowest BCUT2D eigenvalue weighted by Crippen LogP contribution is -2.46. The first-order chi connectivity index (χ1) is 9.88. The molecule has 0 aliphatic carbocycles. The minimum absolute atomic E-state index is 0.298. The Morgan fingerprint density at radius 3 is 2.52 bits per heavy atom. The molecule has 0 atom stereocenters. The molecular formula is C14H22BrN3O2S. The Bertz CT molecular complexity index is 584. The van der Waals surface area contributed by atoms with E-state index >= 15 is 0 Å². The highest BCUT2D eigenvalue weighted by atomic mass is 79.9. The van der Waals surface area contributed by atoms with E-state index in [4.69, 9.17) is 0 Å². The Labute approximate surface area is 135 Å². The summed E-state index contributed by atoms with van der Waals surface area (Å²) in [5.41, 5.74) is 1.03. The van der Waals surface area contributed by atoms with Crippen molar-refractivity contribution in [2.45, 2.75) is 11.8 Å². The number of nitrogens with zero attached hydrogens (tertiary/aromatic N) is 2. The summed E-state index contributed by atoms with van der Waals surface area (Å²) in [6.07, 6.45) is 0. The van der Waals surface area contributed by atoms with Gasteiger partial charge in [-0.3, -0.25) is 4.90 Å². The lowest BCUT2D eigenvalue weighted by atomic mass is 10.2. The van der Waals surface area contributed by atoms with Crippen LogP contribution in [0.25, 0.3) is 0 Å². The Kier molecular flexibility index (Phi) is 5.79. The quantitative estimate of drug-likeness (QED) is 0.842. The topological polar surface area (TPSA) is 52.7 Å². The molecule has 21 heavy (non-hydrogen) atoms. The molecule has 5 nitrogen and oxygen atoms in total. The summed E-state index contributed by atoms with van der Waals surface area (Å²) < 4.78 is 27.9. The van der Waals surface area contributed by atoms with Gasteiger partial charge < -0.3 is 4.90 Å². The van der Waals surface area contributed by atoms with Crippen LogP contribution in [0, 0.1) is 6.92 Å². The van der Waals surface area contributed by atoms with Crippen molar-refractivity contribution in [3.8, 4) is 0 Å². The maximum absolute atomic E-state index is 12.3. The summed E-state index contributed by atoms with van der Waals surface area (Å²) in [5, 5.41) is 0. The molecule has 1 N–H and O–H groups in total. The molecule has 0 radical (unpaired) electrons. The second kappa shape index (κ2) is 7.19. The van der Waals surface area contributed by atoms with E-state index in [9.17, 15) is 8.42 Å². The molecule has 0 spiro atoms. The SMILES string of the molecule is Cc1ccc(S(=O)(=O)NCCN2CCN(C)CC2)c(Br)c1. The summed E-state index contributed by atoms with van der Waals surface area (Å²) in [7, 11) is -1.35. The zero-order valence-corrected chi connectivity index (χ0v) is 14.9. The highest BCUT2D eigenvalue weighted by Crippen LogP contribution is 2.22. The van der Waals surface area contributed by atoms with Crippen molar-refractivity contribution in [2.75, 3.05) is 46.3 Å². The summed E-state index contributed by atoms with van der Waals surface area (Å²) in [6, 6.07) is 5.26. The van der Waals surface area contributed by atoms with Crippen molar-refractivity contribution in [3.63, 3.8) is 0 Å². The zero-order chi connectivity index (χ0) is 15.5. The van der Waals surface area contributed by atoms with E-state index in [2.05, 4.69) is 37.5 Å². The fraction of sp³-hybridized carbons (Fsp3) is 0.571. The first kappa shape index (κ1) is 16.9. The van der Waals surface area contributed by atoms with Crippen LogP contribution < -0.4 is 4.72 Å². The minimum atomic E-state index is -3.45. The van der Waals surface area contributed by atoms with Crippen LogP contribution in [0.5, 0.6) is 0 Å². The molecule has 0 amide bonds. The number of sulfonamides is 1. The van der Waals surface area contributed by atoms with Gasteiger partial charge in [-0.15, -0.1) is 0 Å². The van der Waals surface area contributed by atoms with Crippen molar-refractivity contribution in [3.05, 3.63) is 28.2 Å². The van der Waals surface area contributed by atoms with E-state index in [1.165, 1.54) is 0 Å². The second-order valence-electron chi connectivity index (χ2n) is 5.48. The molecule has 1 aromatic carbocycles. The van der Waals surface area contributed by atoms with Gasteiger partial charge in [0.25, 0.3) is 0 Å². The molecule has 1 saturated heterocycles. The summed E-state index contributed by atoms with van der Waals surface area (Å²) >= 11 is 3.32.